The van der Waals surface area contributed by atoms with E-state index in [-0.39, 0.29) is 24.3 Å². The SMILES string of the molecule is O=C(Nc1ccc(-c2nc(N3CC4CCC(C3)O4)c3cnn(C4CCN(C(=O)O)CC4)c3n2)cc1)Nc1cccnc1. The lowest BCUT2D eigenvalue weighted by Crippen LogP contribution is -2.43. The summed E-state index contributed by atoms with van der Waals surface area (Å²) in [6, 6.07) is 10.6. The van der Waals surface area contributed by atoms with E-state index >= 15 is 0 Å². The molecule has 1 aromatic carbocycles. The molecule has 3 amide bonds. The lowest BCUT2D eigenvalue weighted by Gasteiger charge is -2.33. The van der Waals surface area contributed by atoms with Gasteiger partial charge in [0.15, 0.2) is 11.5 Å². The van der Waals surface area contributed by atoms with E-state index in [1.165, 1.54) is 4.90 Å². The maximum atomic E-state index is 12.4. The van der Waals surface area contributed by atoms with Gasteiger partial charge in [-0.3, -0.25) is 4.98 Å². The molecule has 6 heterocycles. The molecule has 0 aliphatic carbocycles. The number of anilines is 3. The topological polar surface area (TPSA) is 151 Å². The van der Waals surface area contributed by atoms with Crippen molar-refractivity contribution in [2.24, 2.45) is 0 Å². The van der Waals surface area contributed by atoms with Crippen LogP contribution >= 0.6 is 0 Å². The number of urea groups is 1. The van der Waals surface area contributed by atoms with Crippen LogP contribution in [0.15, 0.2) is 55.0 Å². The second-order valence-corrected chi connectivity index (χ2v) is 11.0. The zero-order valence-electron chi connectivity index (χ0n) is 22.9. The van der Waals surface area contributed by atoms with Gasteiger partial charge in [0.2, 0.25) is 0 Å². The molecule has 0 saturated carbocycles. The molecule has 13 nitrogen and oxygen atoms in total. The number of amides is 3. The van der Waals surface area contributed by atoms with Crippen LogP contribution in [0.3, 0.4) is 0 Å². The molecule has 2 bridgehead atoms. The van der Waals surface area contributed by atoms with Gasteiger partial charge in [-0.2, -0.15) is 5.10 Å². The highest BCUT2D eigenvalue weighted by atomic mass is 16.5. The van der Waals surface area contributed by atoms with Gasteiger partial charge in [0, 0.05) is 43.6 Å². The first kappa shape index (κ1) is 26.1. The van der Waals surface area contributed by atoms with E-state index in [0.717, 1.165) is 48.3 Å². The van der Waals surface area contributed by atoms with E-state index in [4.69, 9.17) is 19.8 Å². The van der Waals surface area contributed by atoms with Gasteiger partial charge >= 0.3 is 12.1 Å². The number of pyridine rings is 1. The number of carboxylic acid groups (broad SMARTS) is 1. The molecule has 2 unspecified atom stereocenters. The molecule has 3 aliphatic heterocycles. The number of hydrogen-bond donors (Lipinski definition) is 3. The third-order valence-corrected chi connectivity index (χ3v) is 8.18. The number of hydrogen-bond acceptors (Lipinski definition) is 8. The van der Waals surface area contributed by atoms with Gasteiger partial charge in [-0.05, 0) is 62.1 Å². The Bertz CT molecular complexity index is 1590. The average molecular weight is 570 g/mol. The quantitative estimate of drug-likeness (QED) is 0.321. The normalized spacial score (nSPS) is 20.6. The molecular weight excluding hydrogens is 538 g/mol. The van der Waals surface area contributed by atoms with Crippen LogP contribution in [0, 0.1) is 0 Å². The molecule has 3 aromatic heterocycles. The van der Waals surface area contributed by atoms with Crippen LogP contribution in [-0.2, 0) is 4.74 Å². The van der Waals surface area contributed by atoms with Gasteiger partial charge in [-0.1, -0.05) is 0 Å². The zero-order chi connectivity index (χ0) is 28.6. The van der Waals surface area contributed by atoms with Crippen molar-refractivity contribution in [2.75, 3.05) is 41.7 Å². The number of likely N-dealkylation sites (tertiary alicyclic amines) is 1. The molecule has 216 valence electrons. The number of fused-ring (bicyclic) bond motifs is 3. The number of carbonyl (C=O) groups is 2. The number of morpholine rings is 1. The molecule has 7 rings (SSSR count). The van der Waals surface area contributed by atoms with E-state index < -0.39 is 6.09 Å². The van der Waals surface area contributed by atoms with E-state index in [2.05, 4.69) is 20.5 Å². The first-order valence-electron chi connectivity index (χ1n) is 14.2. The monoisotopic (exact) mass is 569 g/mol. The number of rotatable bonds is 5. The van der Waals surface area contributed by atoms with Crippen molar-refractivity contribution in [3.05, 3.63) is 55.0 Å². The number of nitrogens with one attached hydrogen (secondary N) is 2. The molecular formula is C29H31N9O4. The van der Waals surface area contributed by atoms with E-state index in [1.807, 2.05) is 35.1 Å². The highest BCUT2D eigenvalue weighted by Crippen LogP contribution is 2.35. The number of nitrogens with zero attached hydrogens (tertiary/aromatic N) is 7. The molecule has 4 aromatic rings. The van der Waals surface area contributed by atoms with Crippen LogP contribution in [0.2, 0.25) is 0 Å². The second-order valence-electron chi connectivity index (χ2n) is 11.0. The number of piperidine rings is 1. The summed E-state index contributed by atoms with van der Waals surface area (Å²) in [5.74, 6) is 1.40. The first-order chi connectivity index (χ1) is 20.5. The van der Waals surface area contributed by atoms with Crippen LogP contribution in [0.5, 0.6) is 0 Å². The number of carbonyl (C=O) groups excluding carboxylic acids is 1. The molecule has 42 heavy (non-hydrogen) atoms. The highest BCUT2D eigenvalue weighted by Gasteiger charge is 2.36. The summed E-state index contributed by atoms with van der Waals surface area (Å²) in [6.07, 6.45) is 7.98. The molecule has 0 spiro atoms. The summed E-state index contributed by atoms with van der Waals surface area (Å²) in [7, 11) is 0. The predicted octanol–water partition coefficient (Wildman–Crippen LogP) is 4.21. The van der Waals surface area contributed by atoms with Gasteiger partial charge in [0.25, 0.3) is 0 Å². The van der Waals surface area contributed by atoms with Crippen LogP contribution < -0.4 is 15.5 Å². The van der Waals surface area contributed by atoms with Crippen LogP contribution in [-0.4, -0.2) is 85.3 Å². The van der Waals surface area contributed by atoms with Crippen molar-refractivity contribution >= 4 is 40.4 Å². The summed E-state index contributed by atoms with van der Waals surface area (Å²) in [4.78, 5) is 41.7. The maximum Gasteiger partial charge on any atom is 0.407 e. The third-order valence-electron chi connectivity index (χ3n) is 8.18. The Hall–Kier alpha value is -4.78. The number of ether oxygens (including phenoxy) is 1. The molecule has 13 heteroatoms. The van der Waals surface area contributed by atoms with Crippen LogP contribution in [0.25, 0.3) is 22.4 Å². The molecule has 2 atom stereocenters. The second kappa shape index (κ2) is 10.9. The lowest BCUT2D eigenvalue weighted by atomic mass is 10.1. The average Bonchev–Trinajstić information content (AvgIpc) is 3.59. The third kappa shape index (κ3) is 5.18. The Labute approximate surface area is 241 Å². The van der Waals surface area contributed by atoms with Crippen molar-refractivity contribution in [3.63, 3.8) is 0 Å². The van der Waals surface area contributed by atoms with Crippen LogP contribution in [0.1, 0.15) is 31.7 Å². The standard InChI is InChI=1S/C29H31N9O4/c39-28(33-20-2-1-11-30-14-20)32-19-5-3-18(4-6-19)25-34-26(37-16-22-7-8-23(17-37)42-22)24-15-31-38(27(24)35-25)21-9-12-36(13-10-21)29(40)41/h1-6,11,14-15,21-23H,7-10,12-13,16-17H2,(H,40,41)(H2,32,33,39). The fourth-order valence-electron chi connectivity index (χ4n) is 6.07. The van der Waals surface area contributed by atoms with E-state index in [1.54, 1.807) is 24.5 Å². The molecule has 3 fully saturated rings. The Morgan fingerprint density at radius 1 is 0.905 bits per heavy atom. The number of aromatic nitrogens is 5. The summed E-state index contributed by atoms with van der Waals surface area (Å²) < 4.78 is 8.03. The summed E-state index contributed by atoms with van der Waals surface area (Å²) >= 11 is 0. The molecule has 3 saturated heterocycles. The van der Waals surface area contributed by atoms with Gasteiger partial charge in [-0.15, -0.1) is 0 Å². The Kier molecular flexibility index (Phi) is 6.78. The Morgan fingerprint density at radius 2 is 1.64 bits per heavy atom. The summed E-state index contributed by atoms with van der Waals surface area (Å²) in [5.41, 5.74) is 2.77. The lowest BCUT2D eigenvalue weighted by molar-refractivity contribution is 0.0303. The van der Waals surface area contributed by atoms with E-state index in [0.29, 0.717) is 43.1 Å². The van der Waals surface area contributed by atoms with Gasteiger partial charge in [0.1, 0.15) is 5.82 Å². The number of benzene rings is 1. The predicted molar refractivity (Wildman–Crippen MR) is 156 cm³/mol. The smallest absolute Gasteiger partial charge is 0.407 e. The largest absolute Gasteiger partial charge is 0.465 e. The minimum atomic E-state index is -0.889. The van der Waals surface area contributed by atoms with Crippen molar-refractivity contribution in [1.82, 2.24) is 29.6 Å². The van der Waals surface area contributed by atoms with Gasteiger partial charge < -0.3 is 30.3 Å². The zero-order valence-corrected chi connectivity index (χ0v) is 22.9. The minimum absolute atomic E-state index is 0.0412. The van der Waals surface area contributed by atoms with Crippen molar-refractivity contribution in [2.45, 2.75) is 43.9 Å². The maximum absolute atomic E-state index is 12.4. The molecule has 3 N–H and O–H groups in total. The van der Waals surface area contributed by atoms with Gasteiger partial charge in [-0.25, -0.2) is 24.2 Å². The highest BCUT2D eigenvalue weighted by molar-refractivity contribution is 5.99. The Balaban J connectivity index is 1.19. The fourth-order valence-corrected chi connectivity index (χ4v) is 6.07. The minimum Gasteiger partial charge on any atom is -0.465 e. The van der Waals surface area contributed by atoms with Crippen molar-refractivity contribution in [1.29, 1.82) is 0 Å². The summed E-state index contributed by atoms with van der Waals surface area (Å²) in [6.45, 7) is 2.45. The van der Waals surface area contributed by atoms with Gasteiger partial charge in [0.05, 0.1) is 41.7 Å². The van der Waals surface area contributed by atoms with Crippen molar-refractivity contribution in [3.8, 4) is 11.4 Å². The van der Waals surface area contributed by atoms with E-state index in [9.17, 15) is 14.7 Å². The van der Waals surface area contributed by atoms with Crippen molar-refractivity contribution < 1.29 is 19.4 Å². The molecule has 0 radical (unpaired) electrons. The first-order valence-corrected chi connectivity index (χ1v) is 14.2. The molecule has 3 aliphatic rings. The Morgan fingerprint density at radius 3 is 2.33 bits per heavy atom. The van der Waals surface area contributed by atoms with Crippen LogP contribution in [0.4, 0.5) is 26.8 Å². The summed E-state index contributed by atoms with van der Waals surface area (Å²) in [5, 5.41) is 20.6. The fraction of sp³-hybridized carbons (Fsp3) is 0.379.